The van der Waals surface area contributed by atoms with E-state index >= 15 is 0 Å². The molecule has 24 heavy (non-hydrogen) atoms. The zero-order valence-electron chi connectivity index (χ0n) is 13.6. The summed E-state index contributed by atoms with van der Waals surface area (Å²) >= 11 is 9.94. The van der Waals surface area contributed by atoms with Crippen LogP contribution in [0.2, 0.25) is 0 Å². The minimum absolute atomic E-state index is 0.0985. The minimum atomic E-state index is -0.701. The van der Waals surface area contributed by atoms with E-state index in [1.54, 1.807) is 13.0 Å². The van der Waals surface area contributed by atoms with Crippen LogP contribution in [0.1, 0.15) is 26.3 Å². The van der Waals surface area contributed by atoms with Crippen LogP contribution in [-0.2, 0) is 14.3 Å². The van der Waals surface area contributed by atoms with Crippen LogP contribution in [0.15, 0.2) is 33.6 Å². The summed E-state index contributed by atoms with van der Waals surface area (Å²) in [5.74, 6) is -0.771. The lowest BCUT2D eigenvalue weighted by Gasteiger charge is -2.27. The van der Waals surface area contributed by atoms with Gasteiger partial charge in [-0.3, -0.25) is 9.69 Å². The first-order chi connectivity index (χ1) is 11.3. The number of amides is 1. The Bertz CT molecular complexity index is 686. The van der Waals surface area contributed by atoms with Crippen molar-refractivity contribution >= 4 is 62.2 Å². The molecule has 1 fully saturated rings. The van der Waals surface area contributed by atoms with Gasteiger partial charge in [0.15, 0.2) is 0 Å². The SMILES string of the molecule is CCOC(=O)C(C(C)C)N1C(=O)/C(=C/c2ccc(Br)cc2)SC1=S. The molecule has 1 aliphatic rings. The molecule has 1 atom stereocenters. The summed E-state index contributed by atoms with van der Waals surface area (Å²) in [5, 5.41) is 0. The van der Waals surface area contributed by atoms with Crippen LogP contribution < -0.4 is 0 Å². The maximum Gasteiger partial charge on any atom is 0.329 e. The highest BCUT2D eigenvalue weighted by Gasteiger charge is 2.42. The highest BCUT2D eigenvalue weighted by molar-refractivity contribution is 9.10. The van der Waals surface area contributed by atoms with E-state index in [2.05, 4.69) is 15.9 Å². The highest BCUT2D eigenvalue weighted by atomic mass is 79.9. The van der Waals surface area contributed by atoms with Crippen molar-refractivity contribution < 1.29 is 14.3 Å². The Morgan fingerprint density at radius 1 is 1.38 bits per heavy atom. The molecule has 0 radical (unpaired) electrons. The fourth-order valence-corrected chi connectivity index (χ4v) is 3.93. The molecule has 1 amide bonds. The molecule has 128 valence electrons. The maximum absolute atomic E-state index is 12.8. The van der Waals surface area contributed by atoms with Gasteiger partial charge in [0.25, 0.3) is 5.91 Å². The van der Waals surface area contributed by atoms with Crippen molar-refractivity contribution in [1.82, 2.24) is 4.90 Å². The molecule has 0 N–H and O–H groups in total. The number of carbonyl (C=O) groups is 2. The third-order valence-electron chi connectivity index (χ3n) is 3.43. The zero-order valence-corrected chi connectivity index (χ0v) is 16.8. The van der Waals surface area contributed by atoms with Gasteiger partial charge in [-0.1, -0.05) is 65.9 Å². The normalized spacial score (nSPS) is 17.7. The van der Waals surface area contributed by atoms with Crippen molar-refractivity contribution in [2.45, 2.75) is 26.8 Å². The van der Waals surface area contributed by atoms with Gasteiger partial charge < -0.3 is 4.74 Å². The fraction of sp³-hybridized carbons (Fsp3) is 0.353. The first-order valence-electron chi connectivity index (χ1n) is 7.54. The quantitative estimate of drug-likeness (QED) is 0.399. The molecule has 1 aromatic rings. The number of ether oxygens (including phenoxy) is 1. The molecule has 0 saturated carbocycles. The van der Waals surface area contributed by atoms with Crippen LogP contribution in [0, 0.1) is 5.92 Å². The van der Waals surface area contributed by atoms with Gasteiger partial charge in [-0.25, -0.2) is 4.79 Å². The molecular formula is C17H18BrNO3S2. The summed E-state index contributed by atoms with van der Waals surface area (Å²) in [4.78, 5) is 26.9. The van der Waals surface area contributed by atoms with Crippen LogP contribution >= 0.6 is 39.9 Å². The number of carbonyl (C=O) groups excluding carboxylic acids is 2. The van der Waals surface area contributed by atoms with E-state index in [0.29, 0.717) is 9.23 Å². The Kier molecular flexibility index (Phi) is 6.60. The molecule has 1 aromatic carbocycles. The number of rotatable bonds is 5. The van der Waals surface area contributed by atoms with Crippen molar-refractivity contribution in [2.75, 3.05) is 6.61 Å². The van der Waals surface area contributed by atoms with Gasteiger partial charge in [-0.15, -0.1) is 0 Å². The van der Waals surface area contributed by atoms with Gasteiger partial charge in [-0.05, 0) is 36.6 Å². The monoisotopic (exact) mass is 427 g/mol. The Morgan fingerprint density at radius 3 is 2.54 bits per heavy atom. The number of benzene rings is 1. The predicted molar refractivity (Wildman–Crippen MR) is 104 cm³/mol. The molecule has 2 rings (SSSR count). The van der Waals surface area contributed by atoms with Crippen LogP contribution in [0.25, 0.3) is 6.08 Å². The molecule has 1 saturated heterocycles. The fourth-order valence-electron chi connectivity index (χ4n) is 2.33. The molecule has 0 aromatic heterocycles. The molecular weight excluding hydrogens is 410 g/mol. The van der Waals surface area contributed by atoms with Crippen LogP contribution in [0.4, 0.5) is 0 Å². The van der Waals surface area contributed by atoms with Crippen molar-refractivity contribution in [1.29, 1.82) is 0 Å². The Hall–Kier alpha value is -1.18. The third-order valence-corrected chi connectivity index (χ3v) is 5.29. The molecule has 7 heteroatoms. The van der Waals surface area contributed by atoms with Gasteiger partial charge >= 0.3 is 5.97 Å². The average Bonchev–Trinajstić information content (AvgIpc) is 2.78. The van der Waals surface area contributed by atoms with Crippen LogP contribution in [-0.4, -0.2) is 33.7 Å². The van der Waals surface area contributed by atoms with Crippen molar-refractivity contribution in [3.05, 3.63) is 39.2 Å². The minimum Gasteiger partial charge on any atom is -0.464 e. The molecule has 1 aliphatic heterocycles. The molecule has 1 heterocycles. The van der Waals surface area contributed by atoms with E-state index in [1.807, 2.05) is 38.1 Å². The van der Waals surface area contributed by atoms with Crippen molar-refractivity contribution in [3.63, 3.8) is 0 Å². The Balaban J connectivity index is 2.30. The first-order valence-corrected chi connectivity index (χ1v) is 9.56. The van der Waals surface area contributed by atoms with E-state index in [1.165, 1.54) is 16.7 Å². The van der Waals surface area contributed by atoms with Gasteiger partial charge in [0.2, 0.25) is 0 Å². The second-order valence-electron chi connectivity index (χ2n) is 5.54. The standard InChI is InChI=1S/C17H18BrNO3S2/c1-4-22-16(21)14(10(2)3)19-15(20)13(24-17(19)23)9-11-5-7-12(18)8-6-11/h5-10,14H,4H2,1-3H3/b13-9-. The number of hydrogen-bond donors (Lipinski definition) is 0. The third kappa shape index (κ3) is 4.26. The van der Waals surface area contributed by atoms with Gasteiger partial charge in [0, 0.05) is 4.47 Å². The number of hydrogen-bond acceptors (Lipinski definition) is 5. The second kappa shape index (κ2) is 8.27. The highest BCUT2D eigenvalue weighted by Crippen LogP contribution is 2.35. The number of thiocarbonyl (C=S) groups is 1. The summed E-state index contributed by atoms with van der Waals surface area (Å²) in [6, 6.07) is 6.92. The van der Waals surface area contributed by atoms with Crippen molar-refractivity contribution in [3.8, 4) is 0 Å². The lowest BCUT2D eigenvalue weighted by molar-refractivity contribution is -0.152. The summed E-state index contributed by atoms with van der Waals surface area (Å²) in [5.41, 5.74) is 0.899. The first kappa shape index (κ1) is 19.1. The van der Waals surface area contributed by atoms with E-state index in [4.69, 9.17) is 17.0 Å². The number of halogens is 1. The topological polar surface area (TPSA) is 46.6 Å². The van der Waals surface area contributed by atoms with Crippen LogP contribution in [0.3, 0.4) is 0 Å². The summed E-state index contributed by atoms with van der Waals surface area (Å²) in [6.07, 6.45) is 1.79. The summed E-state index contributed by atoms with van der Waals surface area (Å²) in [7, 11) is 0. The van der Waals surface area contributed by atoms with E-state index in [-0.39, 0.29) is 18.4 Å². The largest absolute Gasteiger partial charge is 0.464 e. The van der Waals surface area contributed by atoms with Gasteiger partial charge in [-0.2, -0.15) is 0 Å². The number of nitrogens with zero attached hydrogens (tertiary/aromatic N) is 1. The molecule has 1 unspecified atom stereocenters. The Morgan fingerprint density at radius 2 is 2.00 bits per heavy atom. The van der Waals surface area contributed by atoms with Crippen LogP contribution in [0.5, 0.6) is 0 Å². The summed E-state index contributed by atoms with van der Waals surface area (Å²) in [6.45, 7) is 5.76. The second-order valence-corrected chi connectivity index (χ2v) is 8.14. The van der Waals surface area contributed by atoms with E-state index in [0.717, 1.165) is 10.0 Å². The number of thioether (sulfide) groups is 1. The lowest BCUT2D eigenvalue weighted by atomic mass is 10.0. The summed E-state index contributed by atoms with van der Waals surface area (Å²) < 4.78 is 6.47. The predicted octanol–water partition coefficient (Wildman–Crippen LogP) is 4.24. The molecule has 0 bridgehead atoms. The zero-order chi connectivity index (χ0) is 17.9. The Labute approximate surface area is 159 Å². The molecule has 0 spiro atoms. The van der Waals surface area contributed by atoms with Gasteiger partial charge in [0.05, 0.1) is 11.5 Å². The lowest BCUT2D eigenvalue weighted by Crippen LogP contribution is -2.47. The maximum atomic E-state index is 12.8. The number of esters is 1. The van der Waals surface area contributed by atoms with E-state index in [9.17, 15) is 9.59 Å². The van der Waals surface area contributed by atoms with E-state index < -0.39 is 12.0 Å². The smallest absolute Gasteiger partial charge is 0.329 e. The van der Waals surface area contributed by atoms with Gasteiger partial charge in [0.1, 0.15) is 10.4 Å². The molecule has 0 aliphatic carbocycles. The van der Waals surface area contributed by atoms with Crippen molar-refractivity contribution in [2.24, 2.45) is 5.92 Å². The molecule has 4 nitrogen and oxygen atoms in total. The average molecular weight is 428 g/mol.